The molecule has 3 atom stereocenters. The van der Waals surface area contributed by atoms with Crippen LogP contribution in [-0.2, 0) is 0 Å². The maximum atomic E-state index is 14.0. The summed E-state index contributed by atoms with van der Waals surface area (Å²) < 4.78 is 14.0. The first kappa shape index (κ1) is 12.7. The molecular weight excluding hydrogens is 295 g/mol. The molecule has 0 amide bonds. The molecule has 2 bridgehead atoms. The van der Waals surface area contributed by atoms with E-state index in [1.165, 1.54) is 24.2 Å². The Hall–Kier alpha value is -0.970. The molecule has 3 unspecified atom stereocenters. The monoisotopic (exact) mass is 308 g/mol. The fourth-order valence-corrected chi connectivity index (χ4v) is 4.57. The summed E-state index contributed by atoms with van der Waals surface area (Å²) in [6, 6.07) is 4.92. The van der Waals surface area contributed by atoms with E-state index in [2.05, 4.69) is 10.3 Å². The second-order valence-corrected chi connectivity index (χ2v) is 6.97. The molecule has 2 nitrogen and oxygen atoms in total. The van der Waals surface area contributed by atoms with Crippen molar-refractivity contribution in [2.45, 2.75) is 37.3 Å². The third-order valence-electron chi connectivity index (χ3n) is 4.42. The van der Waals surface area contributed by atoms with Crippen molar-refractivity contribution < 1.29 is 4.39 Å². The fourth-order valence-electron chi connectivity index (χ4n) is 3.49. The lowest BCUT2D eigenvalue weighted by atomic mass is 9.84. The Morgan fingerprint density at radius 1 is 1.35 bits per heavy atom. The van der Waals surface area contributed by atoms with E-state index >= 15 is 0 Å². The van der Waals surface area contributed by atoms with Crippen LogP contribution in [-0.4, -0.2) is 17.1 Å². The molecule has 2 aliphatic rings. The van der Waals surface area contributed by atoms with Gasteiger partial charge < -0.3 is 5.32 Å². The molecule has 20 heavy (non-hydrogen) atoms. The number of fused-ring (bicyclic) bond motifs is 2. The number of thiophene rings is 1. The van der Waals surface area contributed by atoms with Crippen LogP contribution in [0.25, 0.3) is 10.4 Å². The molecule has 1 N–H and O–H groups in total. The lowest BCUT2D eigenvalue weighted by molar-refractivity contribution is 0.502. The van der Waals surface area contributed by atoms with E-state index < -0.39 is 5.95 Å². The Labute approximate surface area is 126 Å². The van der Waals surface area contributed by atoms with Gasteiger partial charge in [0.1, 0.15) is 0 Å². The highest BCUT2D eigenvalue weighted by Gasteiger charge is 2.40. The molecule has 5 heteroatoms. The van der Waals surface area contributed by atoms with Gasteiger partial charge in [-0.25, -0.2) is 4.98 Å². The second kappa shape index (κ2) is 4.79. The number of hydrogen-bond donors (Lipinski definition) is 1. The van der Waals surface area contributed by atoms with E-state index in [9.17, 15) is 4.39 Å². The molecule has 0 aliphatic carbocycles. The Kier molecular flexibility index (Phi) is 3.05. The average Bonchev–Trinajstić information content (AvgIpc) is 3.15. The minimum Gasteiger partial charge on any atom is -0.311 e. The van der Waals surface area contributed by atoms with E-state index in [-0.39, 0.29) is 0 Å². The standard InChI is InChI=1S/C15H14ClFN2S/c16-9-4-14(20-7-9)12-3-8(6-18-15(12)17)11-5-10-1-2-13(11)19-10/h3-4,6-7,10-11,13,19H,1-2,5H2. The smallest absolute Gasteiger partial charge is 0.221 e. The van der Waals surface area contributed by atoms with Gasteiger partial charge in [-0.1, -0.05) is 11.6 Å². The SMILES string of the molecule is Fc1ncc(C2CC3CCC2N3)cc1-c1cc(Cl)cs1. The van der Waals surface area contributed by atoms with Crippen LogP contribution in [0.5, 0.6) is 0 Å². The number of nitrogens with zero attached hydrogens (tertiary/aromatic N) is 1. The molecular formula is C15H14ClFN2S. The molecule has 0 spiro atoms. The number of aromatic nitrogens is 1. The third kappa shape index (κ3) is 2.07. The quantitative estimate of drug-likeness (QED) is 0.841. The number of pyridine rings is 1. The summed E-state index contributed by atoms with van der Waals surface area (Å²) in [5, 5.41) is 6.09. The first-order chi connectivity index (χ1) is 9.70. The van der Waals surface area contributed by atoms with E-state index in [1.807, 2.05) is 11.4 Å². The number of hydrogen-bond acceptors (Lipinski definition) is 3. The van der Waals surface area contributed by atoms with Crippen LogP contribution in [0.2, 0.25) is 5.02 Å². The lowest BCUT2D eigenvalue weighted by Crippen LogP contribution is -2.21. The van der Waals surface area contributed by atoms with Crippen molar-refractivity contribution >= 4 is 22.9 Å². The Balaban J connectivity index is 1.72. The van der Waals surface area contributed by atoms with Crippen LogP contribution in [0, 0.1) is 5.95 Å². The topological polar surface area (TPSA) is 24.9 Å². The van der Waals surface area contributed by atoms with Crippen LogP contribution in [0.3, 0.4) is 0 Å². The van der Waals surface area contributed by atoms with Gasteiger partial charge in [0.2, 0.25) is 5.95 Å². The maximum absolute atomic E-state index is 14.0. The summed E-state index contributed by atoms with van der Waals surface area (Å²) in [5.41, 5.74) is 1.72. The minimum absolute atomic E-state index is 0.414. The van der Waals surface area contributed by atoms with Crippen LogP contribution >= 0.6 is 22.9 Å². The van der Waals surface area contributed by atoms with Gasteiger partial charge in [0.25, 0.3) is 0 Å². The van der Waals surface area contributed by atoms with E-state index in [0.717, 1.165) is 16.9 Å². The fraction of sp³-hybridized carbons (Fsp3) is 0.400. The minimum atomic E-state index is -0.414. The predicted octanol–water partition coefficient (Wildman–Crippen LogP) is 4.21. The normalized spacial score (nSPS) is 28.2. The summed E-state index contributed by atoms with van der Waals surface area (Å²) in [6.07, 6.45) is 5.32. The molecule has 0 saturated carbocycles. The van der Waals surface area contributed by atoms with Gasteiger partial charge in [0.15, 0.2) is 0 Å². The molecule has 104 valence electrons. The van der Waals surface area contributed by atoms with Gasteiger partial charge in [-0.2, -0.15) is 4.39 Å². The van der Waals surface area contributed by atoms with E-state index in [1.54, 1.807) is 12.3 Å². The molecule has 2 aromatic heterocycles. The summed E-state index contributed by atoms with van der Waals surface area (Å²) in [5.74, 6) is 0.0550. The van der Waals surface area contributed by atoms with Gasteiger partial charge in [0, 0.05) is 40.0 Å². The number of halogens is 2. The van der Waals surface area contributed by atoms with Gasteiger partial charge >= 0.3 is 0 Å². The largest absolute Gasteiger partial charge is 0.311 e. The Morgan fingerprint density at radius 2 is 2.25 bits per heavy atom. The van der Waals surface area contributed by atoms with Crippen molar-refractivity contribution in [2.24, 2.45) is 0 Å². The zero-order valence-corrected chi connectivity index (χ0v) is 12.3. The highest BCUT2D eigenvalue weighted by atomic mass is 35.5. The average molecular weight is 309 g/mol. The molecule has 2 aromatic rings. The molecule has 4 heterocycles. The number of nitrogens with one attached hydrogen (secondary N) is 1. The van der Waals surface area contributed by atoms with Gasteiger partial charge in [0.05, 0.1) is 5.02 Å². The first-order valence-electron chi connectivity index (χ1n) is 6.86. The second-order valence-electron chi connectivity index (χ2n) is 5.63. The summed E-state index contributed by atoms with van der Waals surface area (Å²) in [7, 11) is 0. The van der Waals surface area contributed by atoms with Crippen molar-refractivity contribution in [2.75, 3.05) is 0 Å². The van der Waals surface area contributed by atoms with Crippen molar-refractivity contribution in [3.05, 3.63) is 40.2 Å². The van der Waals surface area contributed by atoms with Crippen LogP contribution in [0.4, 0.5) is 4.39 Å². The van der Waals surface area contributed by atoms with Gasteiger partial charge in [-0.05, 0) is 37.0 Å². The summed E-state index contributed by atoms with van der Waals surface area (Å²) in [6.45, 7) is 0. The van der Waals surface area contributed by atoms with E-state index in [0.29, 0.717) is 28.6 Å². The molecule has 2 fully saturated rings. The van der Waals surface area contributed by atoms with Crippen molar-refractivity contribution in [1.82, 2.24) is 10.3 Å². The summed E-state index contributed by atoms with van der Waals surface area (Å²) in [4.78, 5) is 4.81. The molecule has 0 radical (unpaired) electrons. The zero-order chi connectivity index (χ0) is 13.7. The number of rotatable bonds is 2. The van der Waals surface area contributed by atoms with Crippen molar-refractivity contribution in [3.63, 3.8) is 0 Å². The molecule has 4 rings (SSSR count). The first-order valence-corrected chi connectivity index (χ1v) is 8.12. The zero-order valence-electron chi connectivity index (χ0n) is 10.8. The van der Waals surface area contributed by atoms with Crippen molar-refractivity contribution in [3.8, 4) is 10.4 Å². The maximum Gasteiger partial charge on any atom is 0.221 e. The highest BCUT2D eigenvalue weighted by Crippen LogP contribution is 2.41. The van der Waals surface area contributed by atoms with E-state index in [4.69, 9.17) is 11.6 Å². The van der Waals surface area contributed by atoms with Gasteiger partial charge in [-0.3, -0.25) is 0 Å². The Morgan fingerprint density at radius 3 is 2.90 bits per heavy atom. The van der Waals surface area contributed by atoms with Crippen LogP contribution < -0.4 is 5.32 Å². The van der Waals surface area contributed by atoms with Crippen LogP contribution in [0.15, 0.2) is 23.7 Å². The third-order valence-corrected chi connectivity index (χ3v) is 5.73. The highest BCUT2D eigenvalue weighted by molar-refractivity contribution is 7.14. The summed E-state index contributed by atoms with van der Waals surface area (Å²) >= 11 is 7.39. The van der Waals surface area contributed by atoms with Crippen LogP contribution in [0.1, 0.15) is 30.7 Å². The Bertz CT molecular complexity index is 657. The molecule has 0 aromatic carbocycles. The lowest BCUT2D eigenvalue weighted by Gasteiger charge is -2.20. The predicted molar refractivity (Wildman–Crippen MR) is 79.8 cm³/mol. The van der Waals surface area contributed by atoms with Crippen molar-refractivity contribution in [1.29, 1.82) is 0 Å². The van der Waals surface area contributed by atoms with Gasteiger partial charge in [-0.15, -0.1) is 11.3 Å². The molecule has 2 aliphatic heterocycles. The molecule has 2 saturated heterocycles.